The number of ether oxygens (including phenoxy) is 2. The number of imidazole rings is 1. The maximum atomic E-state index is 14.1. The Morgan fingerprint density at radius 2 is 2.29 bits per heavy atom. The van der Waals surface area contributed by atoms with Crippen molar-refractivity contribution >= 4 is 35.7 Å². The lowest BCUT2D eigenvalue weighted by Crippen LogP contribution is -2.43. The number of nitrogens with zero attached hydrogens (tertiary/aromatic N) is 5. The number of carbonyl (C=O) groups is 1. The Morgan fingerprint density at radius 3 is 3.03 bits per heavy atom. The maximum Gasteiger partial charge on any atom is 0.328 e. The summed E-state index contributed by atoms with van der Waals surface area (Å²) in [5.41, 5.74) is 1.67. The Balaban J connectivity index is 1.84. The van der Waals surface area contributed by atoms with Gasteiger partial charge in [-0.3, -0.25) is 4.99 Å². The second kappa shape index (κ2) is 8.68. The van der Waals surface area contributed by atoms with Gasteiger partial charge in [0, 0.05) is 19.9 Å². The summed E-state index contributed by atoms with van der Waals surface area (Å²) in [6, 6.07) is -0.990. The number of methoxy groups -OCH3 is 1. The van der Waals surface area contributed by atoms with Crippen LogP contribution in [0, 0.1) is 0 Å². The molecule has 31 heavy (non-hydrogen) atoms. The molecule has 11 nitrogen and oxygen atoms in total. The van der Waals surface area contributed by atoms with Gasteiger partial charge in [0.05, 0.1) is 37.3 Å². The van der Waals surface area contributed by atoms with E-state index in [1.165, 1.54) is 24.3 Å². The molecule has 0 spiro atoms. The number of aromatic nitrogens is 4. The lowest BCUT2D eigenvalue weighted by atomic mass is 10.2. The summed E-state index contributed by atoms with van der Waals surface area (Å²) in [4.78, 5) is 30.1. The van der Waals surface area contributed by atoms with Crippen LogP contribution in [0.5, 0.6) is 0 Å². The van der Waals surface area contributed by atoms with E-state index in [9.17, 15) is 9.18 Å². The molecule has 2 bridgehead atoms. The smallest absolute Gasteiger partial charge is 0.328 e. The summed E-state index contributed by atoms with van der Waals surface area (Å²) < 4.78 is 26.4. The van der Waals surface area contributed by atoms with E-state index in [2.05, 4.69) is 42.6 Å². The van der Waals surface area contributed by atoms with Crippen LogP contribution in [-0.4, -0.2) is 71.3 Å². The predicted octanol–water partition coefficient (Wildman–Crippen LogP) is 1.81. The van der Waals surface area contributed by atoms with Crippen molar-refractivity contribution in [3.63, 3.8) is 0 Å². The van der Waals surface area contributed by atoms with E-state index in [1.54, 1.807) is 13.1 Å². The zero-order chi connectivity index (χ0) is 22.0. The third kappa shape index (κ3) is 4.19. The van der Waals surface area contributed by atoms with Crippen molar-refractivity contribution < 1.29 is 18.7 Å². The second-order valence-electron chi connectivity index (χ2n) is 7.13. The SMILES string of the molecule is C=N/C1=C\C(=COC)Nc2nc(NC)c3ncn(c3n2)C(=O)N[C@@H]2C[C@@H](F)C[C@H]2OC1. The monoisotopic (exact) mass is 430 g/mol. The number of allylic oxidation sites excluding steroid dienone is 1. The Bertz CT molecular complexity index is 1070. The summed E-state index contributed by atoms with van der Waals surface area (Å²) in [6.45, 7) is 3.65. The summed E-state index contributed by atoms with van der Waals surface area (Å²) in [7, 11) is 3.19. The number of rotatable bonds is 3. The maximum absolute atomic E-state index is 14.1. The fourth-order valence-electron chi connectivity index (χ4n) is 3.64. The molecule has 1 fully saturated rings. The van der Waals surface area contributed by atoms with Gasteiger partial charge in [-0.2, -0.15) is 9.97 Å². The molecule has 2 aliphatic rings. The van der Waals surface area contributed by atoms with Crippen LogP contribution in [0.3, 0.4) is 0 Å². The van der Waals surface area contributed by atoms with Crippen LogP contribution in [0.15, 0.2) is 35.1 Å². The molecular weight excluding hydrogens is 407 g/mol. The number of hydrogen-bond donors (Lipinski definition) is 3. The molecule has 4 rings (SSSR count). The molecule has 0 aromatic carbocycles. The summed E-state index contributed by atoms with van der Waals surface area (Å²) in [6.07, 6.45) is 3.21. The van der Waals surface area contributed by atoms with E-state index in [0.29, 0.717) is 22.7 Å². The summed E-state index contributed by atoms with van der Waals surface area (Å²) in [5.74, 6) is 0.634. The Labute approximate surface area is 177 Å². The van der Waals surface area contributed by atoms with Crippen molar-refractivity contribution in [2.75, 3.05) is 31.4 Å². The standard InChI is InChI=1S/C19H23FN8O3/c1-21-11-6-12(7-30-3)24-18-26-16(22-2)15-17(27-18)28(9-23-15)19(29)25-13-4-10(20)5-14(13)31-8-11/h6-7,9-10,13-14H,1,4-5,8H2,2-3H3,(H,25,29)(H2,22,24,26,27)/b11-6-,12-7?/t10-,13-,14-/m1/s1. The molecule has 3 N–H and O–H groups in total. The number of hydrogen-bond acceptors (Lipinski definition) is 9. The number of carbonyl (C=O) groups excluding carboxylic acids is 1. The quantitative estimate of drug-likeness (QED) is 0.497. The number of halogens is 1. The van der Waals surface area contributed by atoms with Crippen molar-refractivity contribution in [2.24, 2.45) is 4.99 Å². The molecule has 0 radical (unpaired) electrons. The molecule has 2 aromatic rings. The highest BCUT2D eigenvalue weighted by Gasteiger charge is 2.37. The predicted molar refractivity (Wildman–Crippen MR) is 113 cm³/mol. The third-order valence-electron chi connectivity index (χ3n) is 5.08. The first kappa shape index (κ1) is 20.7. The zero-order valence-corrected chi connectivity index (χ0v) is 17.1. The van der Waals surface area contributed by atoms with Gasteiger partial charge in [-0.05, 0) is 12.8 Å². The van der Waals surface area contributed by atoms with Gasteiger partial charge in [-0.1, -0.05) is 0 Å². The zero-order valence-electron chi connectivity index (χ0n) is 17.1. The molecule has 2 aromatic heterocycles. The molecule has 1 aliphatic carbocycles. The molecule has 0 unspecified atom stereocenters. The summed E-state index contributed by atoms with van der Waals surface area (Å²) in [5, 5.41) is 8.83. The van der Waals surface area contributed by atoms with Crippen molar-refractivity contribution in [3.05, 3.63) is 30.1 Å². The van der Waals surface area contributed by atoms with Gasteiger partial charge in [0.2, 0.25) is 5.95 Å². The highest BCUT2D eigenvalue weighted by molar-refractivity contribution is 5.92. The van der Waals surface area contributed by atoms with Gasteiger partial charge in [-0.25, -0.2) is 18.7 Å². The van der Waals surface area contributed by atoms with Crippen LogP contribution >= 0.6 is 0 Å². The normalized spacial score (nSPS) is 27.1. The van der Waals surface area contributed by atoms with Crippen LogP contribution < -0.4 is 16.0 Å². The molecule has 1 saturated carbocycles. The molecule has 12 heteroatoms. The molecular formula is C19H23FN8O3. The van der Waals surface area contributed by atoms with Gasteiger partial charge < -0.3 is 25.4 Å². The number of alkyl halides is 1. The topological polar surface area (TPSA) is 128 Å². The van der Waals surface area contributed by atoms with Crippen molar-refractivity contribution in [3.8, 4) is 0 Å². The van der Waals surface area contributed by atoms with Crippen molar-refractivity contribution in [1.82, 2.24) is 24.8 Å². The van der Waals surface area contributed by atoms with Crippen LogP contribution in [0.1, 0.15) is 12.8 Å². The average molecular weight is 430 g/mol. The van der Waals surface area contributed by atoms with E-state index < -0.39 is 24.3 Å². The number of amides is 1. The van der Waals surface area contributed by atoms with Crippen LogP contribution in [-0.2, 0) is 9.47 Å². The minimum Gasteiger partial charge on any atom is -0.502 e. The van der Waals surface area contributed by atoms with Gasteiger partial charge in [0.1, 0.15) is 18.8 Å². The minimum absolute atomic E-state index is 0.0774. The van der Waals surface area contributed by atoms with Crippen LogP contribution in [0.25, 0.3) is 11.2 Å². The lowest BCUT2D eigenvalue weighted by molar-refractivity contribution is 0.0538. The van der Waals surface area contributed by atoms with Crippen LogP contribution in [0.2, 0.25) is 0 Å². The Morgan fingerprint density at radius 1 is 1.45 bits per heavy atom. The van der Waals surface area contributed by atoms with Crippen molar-refractivity contribution in [1.29, 1.82) is 0 Å². The molecule has 3 heterocycles. The fourth-order valence-corrected chi connectivity index (χ4v) is 3.64. The lowest BCUT2D eigenvalue weighted by Gasteiger charge is -2.21. The number of nitrogens with one attached hydrogen (secondary N) is 3. The first-order valence-electron chi connectivity index (χ1n) is 9.69. The fraction of sp³-hybridized carbons (Fsp3) is 0.421. The van der Waals surface area contributed by atoms with Gasteiger partial charge in [0.15, 0.2) is 17.0 Å². The van der Waals surface area contributed by atoms with E-state index in [0.717, 1.165) is 0 Å². The van der Waals surface area contributed by atoms with E-state index in [1.807, 2.05) is 0 Å². The molecule has 1 aliphatic heterocycles. The average Bonchev–Trinajstić information content (AvgIpc) is 3.33. The number of anilines is 2. The highest BCUT2D eigenvalue weighted by atomic mass is 19.1. The van der Waals surface area contributed by atoms with Crippen molar-refractivity contribution in [2.45, 2.75) is 31.2 Å². The second-order valence-corrected chi connectivity index (χ2v) is 7.13. The van der Waals surface area contributed by atoms with Crippen LogP contribution in [0.4, 0.5) is 21.0 Å². The third-order valence-corrected chi connectivity index (χ3v) is 5.08. The minimum atomic E-state index is -1.08. The van der Waals surface area contributed by atoms with Gasteiger partial charge in [-0.15, -0.1) is 0 Å². The van der Waals surface area contributed by atoms with Gasteiger partial charge in [0.25, 0.3) is 0 Å². The molecule has 1 amide bonds. The Kier molecular flexibility index (Phi) is 5.80. The first-order chi connectivity index (χ1) is 15.0. The van der Waals surface area contributed by atoms with E-state index in [4.69, 9.17) is 9.47 Å². The van der Waals surface area contributed by atoms with E-state index >= 15 is 0 Å². The molecule has 164 valence electrons. The number of fused-ring (bicyclic) bond motifs is 2. The Hall–Kier alpha value is -3.54. The number of aliphatic imine (C=N–C) groups is 1. The largest absolute Gasteiger partial charge is 0.502 e. The highest BCUT2D eigenvalue weighted by Crippen LogP contribution is 2.27. The van der Waals surface area contributed by atoms with E-state index in [-0.39, 0.29) is 31.0 Å². The first-order valence-corrected chi connectivity index (χ1v) is 9.69. The molecule has 0 saturated heterocycles. The summed E-state index contributed by atoms with van der Waals surface area (Å²) >= 11 is 0. The van der Waals surface area contributed by atoms with Gasteiger partial charge >= 0.3 is 6.03 Å². The molecule has 3 atom stereocenters.